The van der Waals surface area contributed by atoms with Crippen molar-refractivity contribution in [3.8, 4) is 0 Å². The van der Waals surface area contributed by atoms with Crippen LogP contribution in [0.25, 0.3) is 0 Å². The van der Waals surface area contributed by atoms with E-state index >= 15 is 0 Å². The van der Waals surface area contributed by atoms with E-state index in [1.807, 2.05) is 30.3 Å². The second kappa shape index (κ2) is 10.3. The number of nitrogens with one attached hydrogen (secondary N) is 1. The first-order chi connectivity index (χ1) is 15.5. The van der Waals surface area contributed by atoms with Gasteiger partial charge in [0.2, 0.25) is 11.8 Å². The molecule has 2 aliphatic heterocycles. The van der Waals surface area contributed by atoms with E-state index in [1.165, 1.54) is 0 Å². The first-order valence-electron chi connectivity index (χ1n) is 11.3. The molecule has 1 aromatic heterocycles. The van der Waals surface area contributed by atoms with E-state index in [-0.39, 0.29) is 23.7 Å². The van der Waals surface area contributed by atoms with E-state index in [2.05, 4.69) is 26.2 Å². The lowest BCUT2D eigenvalue weighted by Gasteiger charge is -2.32. The number of pyridine rings is 1. The Hall–Kier alpha value is -2.64. The number of primary amides is 1. The molecular formula is C24H30ClN5O2. The van der Waals surface area contributed by atoms with Crippen molar-refractivity contribution in [3.05, 3.63) is 53.2 Å². The Kier molecular flexibility index (Phi) is 7.27. The van der Waals surface area contributed by atoms with Crippen LogP contribution in [0.3, 0.4) is 0 Å². The smallest absolute Gasteiger partial charge is 0.227 e. The van der Waals surface area contributed by atoms with Gasteiger partial charge in [0, 0.05) is 43.4 Å². The average molecular weight is 456 g/mol. The molecule has 3 heterocycles. The molecule has 1 aromatic carbocycles. The van der Waals surface area contributed by atoms with Crippen molar-refractivity contribution in [3.63, 3.8) is 0 Å². The molecular weight excluding hydrogens is 426 g/mol. The molecule has 0 bridgehead atoms. The number of hydrogen-bond donors (Lipinski definition) is 2. The molecule has 7 nitrogen and oxygen atoms in total. The zero-order valence-electron chi connectivity index (χ0n) is 18.2. The van der Waals surface area contributed by atoms with E-state index in [9.17, 15) is 9.59 Å². The molecule has 3 N–H and O–H groups in total. The minimum atomic E-state index is -0.190. The van der Waals surface area contributed by atoms with Crippen LogP contribution in [0.1, 0.15) is 31.2 Å². The summed E-state index contributed by atoms with van der Waals surface area (Å²) in [6.07, 6.45) is 4.88. The number of nitrogens with two attached hydrogens (primary N) is 1. The molecule has 0 atom stereocenters. The lowest BCUT2D eigenvalue weighted by atomic mass is 9.95. The van der Waals surface area contributed by atoms with Gasteiger partial charge in [-0.25, -0.2) is 4.98 Å². The molecule has 2 aliphatic rings. The zero-order chi connectivity index (χ0) is 22.5. The van der Waals surface area contributed by atoms with Crippen molar-refractivity contribution in [2.75, 3.05) is 36.4 Å². The van der Waals surface area contributed by atoms with Gasteiger partial charge in [0.25, 0.3) is 0 Å². The molecule has 0 spiro atoms. The third-order valence-corrected chi connectivity index (χ3v) is 6.72. The minimum Gasteiger partial charge on any atom is -0.369 e. The molecule has 2 aromatic rings. The third kappa shape index (κ3) is 5.78. The zero-order valence-corrected chi connectivity index (χ0v) is 18.9. The third-order valence-electron chi connectivity index (χ3n) is 6.49. The highest BCUT2D eigenvalue weighted by molar-refractivity contribution is 6.30. The number of likely N-dealkylation sites (tertiary alicyclic amines) is 1. The molecule has 0 radical (unpaired) electrons. The molecule has 8 heteroatoms. The summed E-state index contributed by atoms with van der Waals surface area (Å²) in [6.45, 7) is 4.14. The largest absolute Gasteiger partial charge is 0.369 e. The fourth-order valence-corrected chi connectivity index (χ4v) is 4.66. The lowest BCUT2D eigenvalue weighted by Crippen LogP contribution is -2.38. The highest BCUT2D eigenvalue weighted by atomic mass is 35.5. The number of rotatable bonds is 6. The van der Waals surface area contributed by atoms with Gasteiger partial charge in [-0.3, -0.25) is 14.5 Å². The molecule has 2 fully saturated rings. The summed E-state index contributed by atoms with van der Waals surface area (Å²) in [6, 6.07) is 11.8. The van der Waals surface area contributed by atoms with E-state index < -0.39 is 0 Å². The first kappa shape index (κ1) is 22.6. The van der Waals surface area contributed by atoms with Gasteiger partial charge in [-0.2, -0.15) is 0 Å². The van der Waals surface area contributed by atoms with Crippen LogP contribution in [0.15, 0.2) is 42.6 Å². The van der Waals surface area contributed by atoms with Crippen molar-refractivity contribution in [1.29, 1.82) is 0 Å². The van der Waals surface area contributed by atoms with Crippen molar-refractivity contribution in [1.82, 2.24) is 9.88 Å². The maximum Gasteiger partial charge on any atom is 0.227 e. The van der Waals surface area contributed by atoms with Crippen LogP contribution < -0.4 is 16.0 Å². The number of hydrogen-bond acceptors (Lipinski definition) is 5. The molecule has 0 aliphatic carbocycles. The van der Waals surface area contributed by atoms with E-state index in [4.69, 9.17) is 17.3 Å². The number of carbonyl (C=O) groups excluding carboxylic acids is 2. The Balaban J connectivity index is 1.27. The number of amides is 2. The fourth-order valence-electron chi connectivity index (χ4n) is 4.55. The van der Waals surface area contributed by atoms with Crippen LogP contribution in [0.5, 0.6) is 0 Å². The monoisotopic (exact) mass is 455 g/mol. The van der Waals surface area contributed by atoms with Gasteiger partial charge in [-0.1, -0.05) is 23.7 Å². The number of nitrogens with zero attached hydrogens (tertiary/aromatic N) is 3. The Labute approximate surface area is 193 Å². The summed E-state index contributed by atoms with van der Waals surface area (Å²) in [5.41, 5.74) is 7.42. The topological polar surface area (TPSA) is 91.6 Å². The molecule has 2 saturated heterocycles. The van der Waals surface area contributed by atoms with Gasteiger partial charge in [-0.05, 0) is 68.6 Å². The van der Waals surface area contributed by atoms with E-state index in [0.29, 0.717) is 5.02 Å². The summed E-state index contributed by atoms with van der Waals surface area (Å²) >= 11 is 5.92. The van der Waals surface area contributed by atoms with E-state index in [1.54, 1.807) is 6.20 Å². The van der Waals surface area contributed by atoms with Crippen molar-refractivity contribution < 1.29 is 9.59 Å². The number of piperidine rings is 2. The Morgan fingerprint density at radius 1 is 1.03 bits per heavy atom. The number of aromatic nitrogens is 1. The van der Waals surface area contributed by atoms with Gasteiger partial charge >= 0.3 is 0 Å². The van der Waals surface area contributed by atoms with Crippen LogP contribution in [-0.2, 0) is 16.1 Å². The Morgan fingerprint density at radius 3 is 2.41 bits per heavy atom. The Morgan fingerprint density at radius 2 is 1.75 bits per heavy atom. The predicted octanol–water partition coefficient (Wildman–Crippen LogP) is 3.29. The predicted molar refractivity (Wildman–Crippen MR) is 126 cm³/mol. The van der Waals surface area contributed by atoms with Gasteiger partial charge < -0.3 is 16.0 Å². The van der Waals surface area contributed by atoms with Crippen LogP contribution in [-0.4, -0.2) is 47.9 Å². The number of halogens is 1. The number of carbonyl (C=O) groups is 2. The number of anilines is 2. The quantitative estimate of drug-likeness (QED) is 0.697. The molecule has 170 valence electrons. The van der Waals surface area contributed by atoms with Crippen molar-refractivity contribution in [2.24, 2.45) is 17.6 Å². The van der Waals surface area contributed by atoms with Crippen LogP contribution in [0.4, 0.5) is 11.5 Å². The number of benzene rings is 1. The highest BCUT2D eigenvalue weighted by Gasteiger charge is 2.26. The maximum atomic E-state index is 12.8. The average Bonchev–Trinajstić information content (AvgIpc) is 2.80. The summed E-state index contributed by atoms with van der Waals surface area (Å²) in [4.78, 5) is 33.1. The minimum absolute atomic E-state index is 0.00115. The van der Waals surface area contributed by atoms with Gasteiger partial charge in [-0.15, -0.1) is 0 Å². The second-order valence-electron chi connectivity index (χ2n) is 8.74. The molecule has 32 heavy (non-hydrogen) atoms. The van der Waals surface area contributed by atoms with Crippen molar-refractivity contribution >= 4 is 34.9 Å². The van der Waals surface area contributed by atoms with Gasteiger partial charge in [0.05, 0.1) is 5.02 Å². The summed E-state index contributed by atoms with van der Waals surface area (Å²) in [5, 5.41) is 3.73. The molecule has 0 unspecified atom stereocenters. The summed E-state index contributed by atoms with van der Waals surface area (Å²) in [5.74, 6) is 0.785. The first-order valence-corrected chi connectivity index (χ1v) is 11.6. The lowest BCUT2D eigenvalue weighted by molar-refractivity contribution is -0.123. The van der Waals surface area contributed by atoms with Crippen LogP contribution in [0.2, 0.25) is 5.02 Å². The fraction of sp³-hybridized carbons (Fsp3) is 0.458. The maximum absolute atomic E-state index is 12.8. The molecule has 4 rings (SSSR count). The molecule has 0 saturated carbocycles. The van der Waals surface area contributed by atoms with Gasteiger partial charge in [0.15, 0.2) is 0 Å². The highest BCUT2D eigenvalue weighted by Crippen LogP contribution is 2.25. The van der Waals surface area contributed by atoms with Crippen molar-refractivity contribution in [2.45, 2.75) is 32.2 Å². The standard InChI is InChI=1S/C24H30ClN5O2/c25-20-4-5-22(27-15-20)30-12-8-19(9-13-30)24(32)28-21-3-1-2-17(14-21)16-29-10-6-18(7-11-29)23(26)31/h1-5,14-15,18-19H,6-13,16H2,(H2,26,31)(H,28,32). The Bertz CT molecular complexity index is 936. The SMILES string of the molecule is NC(=O)C1CCN(Cc2cccc(NC(=O)C3CCN(c4ccc(Cl)cn4)CC3)c2)CC1. The normalized spacial score (nSPS) is 18.5. The summed E-state index contributed by atoms with van der Waals surface area (Å²) < 4.78 is 0. The van der Waals surface area contributed by atoms with Crippen LogP contribution in [0, 0.1) is 11.8 Å². The van der Waals surface area contributed by atoms with E-state index in [0.717, 1.165) is 75.5 Å². The molecule has 2 amide bonds. The van der Waals surface area contributed by atoms with Crippen LogP contribution >= 0.6 is 11.6 Å². The van der Waals surface area contributed by atoms with Gasteiger partial charge in [0.1, 0.15) is 5.82 Å². The summed E-state index contributed by atoms with van der Waals surface area (Å²) in [7, 11) is 0. The second-order valence-corrected chi connectivity index (χ2v) is 9.17.